The fraction of sp³-hybridized carbons (Fsp3) is 0.264. The molecule has 4 N–H and O–H groups in total. The lowest BCUT2D eigenvalue weighted by Crippen LogP contribution is -2.54. The number of amides is 6. The molecule has 0 spiro atoms. The fourth-order valence-corrected chi connectivity index (χ4v) is 9.66. The molecule has 3 aliphatic rings. The quantitative estimate of drug-likeness (QED) is 0.0801. The predicted octanol–water partition coefficient (Wildman–Crippen LogP) is 6.17. The van der Waals surface area contributed by atoms with Crippen molar-refractivity contribution in [3.63, 3.8) is 0 Å². The highest BCUT2D eigenvalue weighted by Gasteiger charge is 2.45. The van der Waals surface area contributed by atoms with Crippen LogP contribution >= 0.6 is 0 Å². The van der Waals surface area contributed by atoms with Crippen LogP contribution in [0.15, 0.2) is 90.2 Å². The molecule has 6 aromatic rings. The summed E-state index contributed by atoms with van der Waals surface area (Å²) in [6.07, 6.45) is 1.12. The first-order chi connectivity index (χ1) is 34.8. The number of piperazine rings is 1. The lowest BCUT2D eigenvalue weighted by Gasteiger charge is -2.40. The van der Waals surface area contributed by atoms with E-state index in [4.69, 9.17) is 0 Å². The maximum atomic E-state index is 16.3. The number of nitrogens with one attached hydrogen (secondary N) is 3. The molecular weight excluding hydrogens is 948 g/mol. The highest BCUT2D eigenvalue weighted by atomic mass is 19.1. The summed E-state index contributed by atoms with van der Waals surface area (Å²) in [4.78, 5) is 104. The molecule has 1 unspecified atom stereocenters. The van der Waals surface area contributed by atoms with Crippen LogP contribution in [0.1, 0.15) is 92.9 Å². The second kappa shape index (κ2) is 19.5. The van der Waals surface area contributed by atoms with E-state index in [1.165, 1.54) is 28.8 Å². The van der Waals surface area contributed by atoms with Crippen LogP contribution in [0.5, 0.6) is 5.75 Å². The number of aromatic nitrogens is 3. The van der Waals surface area contributed by atoms with Gasteiger partial charge in [0.15, 0.2) is 11.5 Å². The van der Waals surface area contributed by atoms with Crippen molar-refractivity contribution in [1.82, 2.24) is 35.0 Å². The van der Waals surface area contributed by atoms with Gasteiger partial charge in [-0.25, -0.2) is 27.5 Å². The maximum Gasteiger partial charge on any atom is 0.355 e. The van der Waals surface area contributed by atoms with Gasteiger partial charge in [0, 0.05) is 50.7 Å². The summed E-state index contributed by atoms with van der Waals surface area (Å²) < 4.78 is 48.2. The van der Waals surface area contributed by atoms with Gasteiger partial charge in [-0.15, -0.1) is 0 Å². The fourth-order valence-electron chi connectivity index (χ4n) is 9.66. The zero-order valence-corrected chi connectivity index (χ0v) is 40.0. The van der Waals surface area contributed by atoms with Crippen molar-refractivity contribution in [3.8, 4) is 22.7 Å². The monoisotopic (exact) mass is 995 g/mol. The van der Waals surface area contributed by atoms with E-state index in [1.807, 2.05) is 26.8 Å². The van der Waals surface area contributed by atoms with E-state index in [9.17, 15) is 38.7 Å². The molecule has 20 heteroatoms. The number of piperidine rings is 1. The van der Waals surface area contributed by atoms with Gasteiger partial charge in [0.1, 0.15) is 34.9 Å². The molecule has 0 saturated carbocycles. The number of phenols is 1. The minimum atomic E-state index is -1.20. The Morgan fingerprint density at radius 2 is 1.62 bits per heavy atom. The SMILES string of the molecule is C=CC(=O)N1CCN(c2nc(=O)n(-c3c(C)cc(CNC(=O)c4ccc(CNc5cc6c(cc5F)C(=O)N(C5CCC(=O)NC5=O)C6=O)cc4)cc3C(C)C)c3nc(-c4c(O)cccc4F)c(F)cc23)[C@@H](C)C1. The molecule has 73 heavy (non-hydrogen) atoms. The molecular formula is C53H48F3N9O8. The molecule has 2 atom stereocenters. The molecule has 0 aliphatic carbocycles. The molecule has 374 valence electrons. The summed E-state index contributed by atoms with van der Waals surface area (Å²) in [5.74, 6) is -6.97. The highest BCUT2D eigenvalue weighted by Crippen LogP contribution is 2.38. The first-order valence-electron chi connectivity index (χ1n) is 23.4. The molecule has 2 aromatic heterocycles. The summed E-state index contributed by atoms with van der Waals surface area (Å²) in [6.45, 7) is 11.9. The first kappa shape index (κ1) is 49.3. The number of anilines is 2. The van der Waals surface area contributed by atoms with Crippen LogP contribution in [-0.4, -0.2) is 96.6 Å². The average molecular weight is 996 g/mol. The number of nitrogens with zero attached hydrogens (tertiary/aromatic N) is 6. The van der Waals surface area contributed by atoms with Crippen LogP contribution in [0.3, 0.4) is 0 Å². The molecule has 0 bridgehead atoms. The lowest BCUT2D eigenvalue weighted by molar-refractivity contribution is -0.136. The van der Waals surface area contributed by atoms with Crippen molar-refractivity contribution in [2.24, 2.45) is 0 Å². The van der Waals surface area contributed by atoms with Crippen molar-refractivity contribution < 1.29 is 47.0 Å². The second-order valence-electron chi connectivity index (χ2n) is 18.5. The van der Waals surface area contributed by atoms with Gasteiger partial charge in [-0.2, -0.15) is 4.98 Å². The third-order valence-corrected chi connectivity index (χ3v) is 13.3. The van der Waals surface area contributed by atoms with E-state index < -0.39 is 75.7 Å². The smallest absolute Gasteiger partial charge is 0.355 e. The summed E-state index contributed by atoms with van der Waals surface area (Å²) in [6, 6.07) is 15.3. The number of aryl methyl sites for hydroxylation is 1. The van der Waals surface area contributed by atoms with Crippen molar-refractivity contribution in [2.75, 3.05) is 29.9 Å². The number of benzene rings is 4. The Balaban J connectivity index is 0.954. The zero-order chi connectivity index (χ0) is 52.2. The predicted molar refractivity (Wildman–Crippen MR) is 263 cm³/mol. The van der Waals surface area contributed by atoms with E-state index in [0.717, 1.165) is 23.1 Å². The third kappa shape index (κ3) is 9.15. The number of hydrogen-bond acceptors (Lipinski definition) is 12. The molecule has 5 heterocycles. The molecule has 6 amide bonds. The average Bonchev–Trinajstić information content (AvgIpc) is 3.59. The highest BCUT2D eigenvalue weighted by molar-refractivity contribution is 6.23. The number of fused-ring (bicyclic) bond motifs is 2. The summed E-state index contributed by atoms with van der Waals surface area (Å²) in [5, 5.41) is 18.8. The van der Waals surface area contributed by atoms with Crippen LogP contribution in [0.2, 0.25) is 0 Å². The van der Waals surface area contributed by atoms with Crippen LogP contribution in [-0.2, 0) is 27.5 Å². The third-order valence-electron chi connectivity index (χ3n) is 13.3. The zero-order valence-electron chi connectivity index (χ0n) is 40.0. The minimum Gasteiger partial charge on any atom is -0.507 e. The van der Waals surface area contributed by atoms with E-state index >= 15 is 13.2 Å². The van der Waals surface area contributed by atoms with Crippen molar-refractivity contribution in [2.45, 2.75) is 71.6 Å². The van der Waals surface area contributed by atoms with Crippen molar-refractivity contribution in [3.05, 3.63) is 152 Å². The number of aromatic hydroxyl groups is 1. The molecule has 0 radical (unpaired) electrons. The number of carbonyl (C=O) groups is 6. The van der Waals surface area contributed by atoms with Crippen LogP contribution in [0, 0.1) is 24.4 Å². The normalized spacial score (nSPS) is 16.8. The van der Waals surface area contributed by atoms with Gasteiger partial charge < -0.3 is 25.5 Å². The minimum absolute atomic E-state index is 0.0403. The summed E-state index contributed by atoms with van der Waals surface area (Å²) in [5.41, 5.74) is 1.04. The van der Waals surface area contributed by atoms with E-state index in [1.54, 1.807) is 47.1 Å². The molecule has 9 rings (SSSR count). The van der Waals surface area contributed by atoms with E-state index in [-0.39, 0.29) is 97.1 Å². The van der Waals surface area contributed by atoms with Crippen molar-refractivity contribution in [1.29, 1.82) is 0 Å². The van der Waals surface area contributed by atoms with E-state index in [0.29, 0.717) is 33.5 Å². The van der Waals surface area contributed by atoms with Gasteiger partial charge in [0.2, 0.25) is 17.7 Å². The number of carbonyl (C=O) groups excluding carboxylic acids is 6. The largest absolute Gasteiger partial charge is 0.507 e. The Morgan fingerprint density at radius 1 is 0.890 bits per heavy atom. The molecule has 17 nitrogen and oxygen atoms in total. The van der Waals surface area contributed by atoms with Crippen LogP contribution < -0.4 is 26.5 Å². The Bertz CT molecular complexity index is 3400. The van der Waals surface area contributed by atoms with Gasteiger partial charge >= 0.3 is 5.69 Å². The van der Waals surface area contributed by atoms with Gasteiger partial charge in [0.25, 0.3) is 17.7 Å². The Labute approximate surface area is 415 Å². The van der Waals surface area contributed by atoms with Gasteiger partial charge in [0.05, 0.1) is 33.5 Å². The lowest BCUT2D eigenvalue weighted by atomic mass is 9.94. The van der Waals surface area contributed by atoms with Crippen molar-refractivity contribution >= 4 is 58.0 Å². The molecule has 2 saturated heterocycles. The Morgan fingerprint density at radius 3 is 2.29 bits per heavy atom. The van der Waals surface area contributed by atoms with Gasteiger partial charge in [-0.05, 0) is 97.0 Å². The second-order valence-corrected chi connectivity index (χ2v) is 18.5. The van der Waals surface area contributed by atoms with Crippen LogP contribution in [0.25, 0.3) is 28.0 Å². The number of imide groups is 2. The Hall–Kier alpha value is -8.68. The number of pyridine rings is 1. The number of phenolic OH excluding ortho intramolecular Hbond substituents is 1. The summed E-state index contributed by atoms with van der Waals surface area (Å²) in [7, 11) is 0. The summed E-state index contributed by atoms with van der Waals surface area (Å²) >= 11 is 0. The molecule has 3 aliphatic heterocycles. The molecule has 4 aromatic carbocycles. The topological polar surface area (TPSA) is 216 Å². The van der Waals surface area contributed by atoms with E-state index in [2.05, 4.69) is 32.5 Å². The standard InChI is InChI=1S/C53H48F3N9O8/c1-6-43(68)62-16-17-63(28(5)25-62)47-35-21-38(56)45(44-36(54)8-7-9-41(44)66)60-48(35)65(53(73)61-47)46-27(4)18-30(19-32(46)26(2)3)24-58-49(69)31-12-10-29(11-13-31)23-57-39-22-34-33(20-37(39)55)51(71)64(52(34)72)40-14-15-42(67)59-50(40)70/h6-13,18-22,26,28,40,57,66H,1,14-17,23-25H2,2-5H3,(H,58,69)(H,59,67,70)/t28-,40?/m0/s1. The first-order valence-corrected chi connectivity index (χ1v) is 23.4. The Kier molecular flexibility index (Phi) is 13.2. The van der Waals surface area contributed by atoms with Crippen LogP contribution in [0.4, 0.5) is 24.7 Å². The van der Waals surface area contributed by atoms with Gasteiger partial charge in [-0.3, -0.25) is 39.0 Å². The van der Waals surface area contributed by atoms with Gasteiger partial charge in [-0.1, -0.05) is 50.8 Å². The molecule has 2 fully saturated rings. The number of halogens is 3. The maximum absolute atomic E-state index is 16.3. The number of hydrogen-bond donors (Lipinski definition) is 4. The number of rotatable bonds is 12.